The summed E-state index contributed by atoms with van der Waals surface area (Å²) in [6.45, 7) is 0.836. The number of piperidine rings is 1. The van der Waals surface area contributed by atoms with Crippen molar-refractivity contribution in [2.45, 2.75) is 18.3 Å². The third-order valence-electron chi connectivity index (χ3n) is 3.59. The molecule has 1 heterocycles. The molecule has 0 radical (unpaired) electrons. The Balaban J connectivity index is 2.23. The smallest absolute Gasteiger partial charge is 0.211 e. The summed E-state index contributed by atoms with van der Waals surface area (Å²) in [5.41, 5.74) is 0.447. The van der Waals surface area contributed by atoms with Crippen LogP contribution in [0.5, 0.6) is 0 Å². The maximum atomic E-state index is 11.5. The molecule has 0 aromatic heterocycles. The summed E-state index contributed by atoms with van der Waals surface area (Å²) in [6, 6.07) is 12.0. The summed E-state index contributed by atoms with van der Waals surface area (Å²) in [7, 11) is -3.14. The van der Waals surface area contributed by atoms with Gasteiger partial charge in [-0.3, -0.25) is 0 Å². The van der Waals surface area contributed by atoms with E-state index in [0.29, 0.717) is 25.9 Å². The second kappa shape index (κ2) is 4.71. The molecule has 96 valence electrons. The number of hydrogen-bond donors (Lipinski definition) is 0. The van der Waals surface area contributed by atoms with Crippen LogP contribution in [-0.2, 0) is 15.4 Å². The minimum Gasteiger partial charge on any atom is -0.213 e. The van der Waals surface area contributed by atoms with Gasteiger partial charge in [-0.05, 0) is 18.4 Å². The van der Waals surface area contributed by atoms with Crippen LogP contribution in [0.4, 0.5) is 0 Å². The van der Waals surface area contributed by atoms with Crippen LogP contribution in [-0.4, -0.2) is 32.1 Å². The lowest BCUT2D eigenvalue weighted by Crippen LogP contribution is -2.44. The zero-order valence-electron chi connectivity index (χ0n) is 10.3. The van der Waals surface area contributed by atoms with Crippen molar-refractivity contribution in [3.63, 3.8) is 0 Å². The largest absolute Gasteiger partial charge is 0.213 e. The van der Waals surface area contributed by atoms with Gasteiger partial charge in [-0.1, -0.05) is 30.3 Å². The first-order chi connectivity index (χ1) is 8.48. The van der Waals surface area contributed by atoms with Crippen molar-refractivity contribution in [1.82, 2.24) is 4.31 Å². The second-order valence-electron chi connectivity index (χ2n) is 4.72. The van der Waals surface area contributed by atoms with E-state index in [1.807, 2.05) is 30.3 Å². The SMILES string of the molecule is CS(=O)(=O)N1CCC(C#N)(c2ccccc2)CC1. The van der Waals surface area contributed by atoms with Crippen molar-refractivity contribution >= 4 is 10.0 Å². The summed E-state index contributed by atoms with van der Waals surface area (Å²) in [5.74, 6) is 0. The highest BCUT2D eigenvalue weighted by molar-refractivity contribution is 7.88. The van der Waals surface area contributed by atoms with E-state index in [2.05, 4.69) is 6.07 Å². The van der Waals surface area contributed by atoms with Gasteiger partial charge in [0.05, 0.1) is 17.7 Å². The van der Waals surface area contributed by atoms with Gasteiger partial charge in [0.2, 0.25) is 10.0 Å². The van der Waals surface area contributed by atoms with Crippen molar-refractivity contribution in [1.29, 1.82) is 5.26 Å². The van der Waals surface area contributed by atoms with Crippen LogP contribution in [0.2, 0.25) is 0 Å². The van der Waals surface area contributed by atoms with Crippen LogP contribution in [0.25, 0.3) is 0 Å². The van der Waals surface area contributed by atoms with Crippen molar-refractivity contribution in [3.05, 3.63) is 35.9 Å². The Kier molecular flexibility index (Phi) is 3.42. The van der Waals surface area contributed by atoms with Gasteiger partial charge in [-0.25, -0.2) is 12.7 Å². The molecule has 1 aromatic carbocycles. The van der Waals surface area contributed by atoms with Gasteiger partial charge in [0.15, 0.2) is 0 Å². The molecule has 0 spiro atoms. The number of hydrogen-bond acceptors (Lipinski definition) is 3. The van der Waals surface area contributed by atoms with Gasteiger partial charge in [0, 0.05) is 13.1 Å². The van der Waals surface area contributed by atoms with Gasteiger partial charge in [0.25, 0.3) is 0 Å². The highest BCUT2D eigenvalue weighted by Gasteiger charge is 2.38. The molecule has 1 fully saturated rings. The first-order valence-corrected chi connectivity index (χ1v) is 7.75. The molecule has 1 saturated heterocycles. The van der Waals surface area contributed by atoms with Gasteiger partial charge in [0.1, 0.15) is 0 Å². The molecule has 0 aliphatic carbocycles. The molecule has 1 aromatic rings. The summed E-state index contributed by atoms with van der Waals surface area (Å²) in [5, 5.41) is 9.47. The van der Waals surface area contributed by atoms with Crippen LogP contribution in [0.3, 0.4) is 0 Å². The van der Waals surface area contributed by atoms with Gasteiger partial charge < -0.3 is 0 Å². The summed E-state index contributed by atoms with van der Waals surface area (Å²) < 4.78 is 24.4. The first kappa shape index (κ1) is 13.1. The molecule has 0 unspecified atom stereocenters. The zero-order chi connectivity index (χ0) is 13.2. The van der Waals surface area contributed by atoms with Crippen LogP contribution >= 0.6 is 0 Å². The van der Waals surface area contributed by atoms with E-state index in [9.17, 15) is 13.7 Å². The van der Waals surface area contributed by atoms with Crippen molar-refractivity contribution in [2.24, 2.45) is 0 Å². The third-order valence-corrected chi connectivity index (χ3v) is 4.89. The third kappa shape index (κ3) is 2.40. The Morgan fingerprint density at radius 1 is 1.22 bits per heavy atom. The van der Waals surface area contributed by atoms with Crippen LogP contribution in [0.15, 0.2) is 30.3 Å². The average Bonchev–Trinajstić information content (AvgIpc) is 2.39. The number of nitriles is 1. The number of sulfonamides is 1. The Morgan fingerprint density at radius 3 is 2.22 bits per heavy atom. The molecule has 0 saturated carbocycles. The fourth-order valence-electron chi connectivity index (χ4n) is 2.42. The molecular weight excluding hydrogens is 248 g/mol. The van der Waals surface area contributed by atoms with E-state index in [4.69, 9.17) is 0 Å². The Labute approximate surface area is 108 Å². The van der Waals surface area contributed by atoms with E-state index in [1.54, 1.807) is 0 Å². The first-order valence-electron chi connectivity index (χ1n) is 5.90. The van der Waals surface area contributed by atoms with E-state index in [0.717, 1.165) is 5.56 Å². The van der Waals surface area contributed by atoms with E-state index < -0.39 is 15.4 Å². The summed E-state index contributed by atoms with van der Waals surface area (Å²) in [6.07, 6.45) is 2.33. The molecule has 0 bridgehead atoms. The number of nitrogens with zero attached hydrogens (tertiary/aromatic N) is 2. The molecule has 18 heavy (non-hydrogen) atoms. The lowest BCUT2D eigenvalue weighted by Gasteiger charge is -2.36. The van der Waals surface area contributed by atoms with Gasteiger partial charge in [-0.2, -0.15) is 5.26 Å². The fourth-order valence-corrected chi connectivity index (χ4v) is 3.27. The fraction of sp³-hybridized carbons (Fsp3) is 0.462. The van der Waals surface area contributed by atoms with E-state index in [-0.39, 0.29) is 0 Å². The predicted octanol–water partition coefficient (Wildman–Crippen LogP) is 1.50. The van der Waals surface area contributed by atoms with Gasteiger partial charge in [-0.15, -0.1) is 0 Å². The monoisotopic (exact) mass is 264 g/mol. The van der Waals surface area contributed by atoms with Crippen molar-refractivity contribution < 1.29 is 8.42 Å². The summed E-state index contributed by atoms with van der Waals surface area (Å²) in [4.78, 5) is 0. The maximum Gasteiger partial charge on any atom is 0.211 e. The van der Waals surface area contributed by atoms with Crippen LogP contribution in [0.1, 0.15) is 18.4 Å². The second-order valence-corrected chi connectivity index (χ2v) is 6.70. The minimum atomic E-state index is -3.14. The Bertz CT molecular complexity index is 552. The molecule has 4 nitrogen and oxygen atoms in total. The van der Waals surface area contributed by atoms with E-state index in [1.165, 1.54) is 10.6 Å². The van der Waals surface area contributed by atoms with Crippen molar-refractivity contribution in [3.8, 4) is 6.07 Å². The molecule has 5 heteroatoms. The average molecular weight is 264 g/mol. The Morgan fingerprint density at radius 2 is 1.78 bits per heavy atom. The zero-order valence-corrected chi connectivity index (χ0v) is 11.2. The highest BCUT2D eigenvalue weighted by Crippen LogP contribution is 2.35. The molecule has 2 rings (SSSR count). The molecule has 0 amide bonds. The quantitative estimate of drug-likeness (QED) is 0.813. The van der Waals surface area contributed by atoms with Gasteiger partial charge >= 0.3 is 0 Å². The summed E-state index contributed by atoms with van der Waals surface area (Å²) >= 11 is 0. The highest BCUT2D eigenvalue weighted by atomic mass is 32.2. The predicted molar refractivity (Wildman–Crippen MR) is 69.4 cm³/mol. The lowest BCUT2D eigenvalue weighted by molar-refractivity contribution is 0.278. The molecular formula is C13H16N2O2S. The molecule has 0 N–H and O–H groups in total. The van der Waals surface area contributed by atoms with Crippen LogP contribution in [0, 0.1) is 11.3 Å². The molecule has 1 aliphatic heterocycles. The van der Waals surface area contributed by atoms with E-state index >= 15 is 0 Å². The van der Waals surface area contributed by atoms with Crippen molar-refractivity contribution in [2.75, 3.05) is 19.3 Å². The maximum absolute atomic E-state index is 11.5. The Hall–Kier alpha value is -1.38. The lowest BCUT2D eigenvalue weighted by atomic mass is 9.74. The number of benzene rings is 1. The van der Waals surface area contributed by atoms with Crippen LogP contribution < -0.4 is 0 Å². The number of rotatable bonds is 2. The standard InChI is InChI=1S/C13H16N2O2S/c1-18(16,17)15-9-7-13(11-14,8-10-15)12-5-3-2-4-6-12/h2-6H,7-10H2,1H3. The minimum absolute atomic E-state index is 0.418. The normalized spacial score (nSPS) is 20.2. The topological polar surface area (TPSA) is 61.2 Å². The molecule has 0 atom stereocenters. The molecule has 1 aliphatic rings.